The Bertz CT molecular complexity index is 943. The number of anilines is 1. The molecule has 0 unspecified atom stereocenters. The van der Waals surface area contributed by atoms with Gasteiger partial charge in [0.1, 0.15) is 10.1 Å². The van der Waals surface area contributed by atoms with Gasteiger partial charge >= 0.3 is 0 Å². The number of thioether (sulfide) groups is 1. The number of carbonyl (C=O) groups is 2. The molecule has 0 radical (unpaired) electrons. The molecule has 4 nitrogen and oxygen atoms in total. The molecule has 1 aliphatic rings. The maximum Gasteiger partial charge on any atom is 0.266 e. The van der Waals surface area contributed by atoms with E-state index < -0.39 is 5.82 Å². The van der Waals surface area contributed by atoms with Gasteiger partial charge in [0.15, 0.2) is 0 Å². The molecule has 138 valence electrons. The van der Waals surface area contributed by atoms with Crippen LogP contribution in [0.5, 0.6) is 0 Å². The molecule has 0 bridgehead atoms. The molecule has 0 spiro atoms. The minimum Gasteiger partial charge on any atom is -0.326 e. The van der Waals surface area contributed by atoms with E-state index in [9.17, 15) is 14.0 Å². The molecule has 0 aromatic heterocycles. The number of hydrogen-bond acceptors (Lipinski definition) is 4. The number of nitrogens with zero attached hydrogens (tertiary/aromatic N) is 1. The van der Waals surface area contributed by atoms with Gasteiger partial charge in [0.05, 0.1) is 4.91 Å². The summed E-state index contributed by atoms with van der Waals surface area (Å²) in [5.41, 5.74) is 2.09. The zero-order valence-electron chi connectivity index (χ0n) is 14.6. The second-order valence-electron chi connectivity index (χ2n) is 6.02. The lowest BCUT2D eigenvalue weighted by Crippen LogP contribution is -2.31. The van der Waals surface area contributed by atoms with Crippen molar-refractivity contribution < 1.29 is 14.0 Å². The Labute approximate surface area is 166 Å². The Morgan fingerprint density at radius 2 is 2.04 bits per heavy atom. The maximum absolute atomic E-state index is 13.8. The Morgan fingerprint density at radius 1 is 1.26 bits per heavy atom. The van der Waals surface area contributed by atoms with Gasteiger partial charge in [0.2, 0.25) is 5.91 Å². The van der Waals surface area contributed by atoms with E-state index >= 15 is 0 Å². The smallest absolute Gasteiger partial charge is 0.266 e. The molecule has 0 aliphatic carbocycles. The molecule has 0 saturated carbocycles. The van der Waals surface area contributed by atoms with Gasteiger partial charge < -0.3 is 5.32 Å². The molecule has 2 aromatic carbocycles. The summed E-state index contributed by atoms with van der Waals surface area (Å²) in [6.45, 7) is 2.12. The topological polar surface area (TPSA) is 49.4 Å². The first-order valence-electron chi connectivity index (χ1n) is 8.30. The predicted octanol–water partition coefficient (Wildman–Crippen LogP) is 4.36. The number of halogens is 1. The molecule has 3 rings (SSSR count). The average molecular weight is 401 g/mol. The highest BCUT2D eigenvalue weighted by Crippen LogP contribution is 2.33. The first-order valence-corrected chi connectivity index (χ1v) is 9.53. The van der Waals surface area contributed by atoms with Gasteiger partial charge in [-0.1, -0.05) is 54.3 Å². The van der Waals surface area contributed by atoms with E-state index in [2.05, 4.69) is 5.32 Å². The number of amides is 2. The number of rotatable bonds is 5. The molecule has 1 saturated heterocycles. The molecular formula is C20H17FN2O2S2. The first-order chi connectivity index (χ1) is 12.9. The van der Waals surface area contributed by atoms with E-state index in [1.165, 1.54) is 17.0 Å². The van der Waals surface area contributed by atoms with Crippen LogP contribution in [0.15, 0.2) is 53.4 Å². The van der Waals surface area contributed by atoms with Crippen LogP contribution in [-0.2, 0) is 9.59 Å². The van der Waals surface area contributed by atoms with Gasteiger partial charge in [-0.2, -0.15) is 0 Å². The average Bonchev–Trinajstić information content (AvgIpc) is 2.88. The van der Waals surface area contributed by atoms with Crippen LogP contribution in [-0.4, -0.2) is 27.6 Å². The van der Waals surface area contributed by atoms with Crippen LogP contribution in [0.3, 0.4) is 0 Å². The SMILES string of the molecule is Cc1cccc(NC(=O)CCN2C(=O)C(=Cc3ccccc3F)SC2=S)c1. The lowest BCUT2D eigenvalue weighted by atomic mass is 10.2. The van der Waals surface area contributed by atoms with Crippen molar-refractivity contribution >= 4 is 51.9 Å². The number of benzene rings is 2. The van der Waals surface area contributed by atoms with Crippen molar-refractivity contribution in [1.29, 1.82) is 0 Å². The van der Waals surface area contributed by atoms with Crippen molar-refractivity contribution in [3.63, 3.8) is 0 Å². The van der Waals surface area contributed by atoms with Crippen LogP contribution in [0.1, 0.15) is 17.5 Å². The Morgan fingerprint density at radius 3 is 2.78 bits per heavy atom. The van der Waals surface area contributed by atoms with E-state index in [0.29, 0.717) is 20.5 Å². The molecular weight excluding hydrogens is 383 g/mol. The summed E-state index contributed by atoms with van der Waals surface area (Å²) in [5, 5.41) is 2.80. The van der Waals surface area contributed by atoms with Crippen LogP contribution in [0.4, 0.5) is 10.1 Å². The summed E-state index contributed by atoms with van der Waals surface area (Å²) in [5.74, 6) is -0.912. The van der Waals surface area contributed by atoms with Gasteiger partial charge in [-0.3, -0.25) is 14.5 Å². The van der Waals surface area contributed by atoms with Gasteiger partial charge in [-0.05, 0) is 36.8 Å². The van der Waals surface area contributed by atoms with E-state index in [4.69, 9.17) is 12.2 Å². The van der Waals surface area contributed by atoms with Gasteiger partial charge in [-0.15, -0.1) is 0 Å². The molecule has 1 aliphatic heterocycles. The highest BCUT2D eigenvalue weighted by atomic mass is 32.2. The second kappa shape index (κ2) is 8.45. The van der Waals surface area contributed by atoms with Crippen molar-refractivity contribution in [1.82, 2.24) is 4.90 Å². The summed E-state index contributed by atoms with van der Waals surface area (Å²) < 4.78 is 14.2. The fourth-order valence-electron chi connectivity index (χ4n) is 2.59. The number of hydrogen-bond donors (Lipinski definition) is 1. The molecule has 1 fully saturated rings. The van der Waals surface area contributed by atoms with Crippen LogP contribution < -0.4 is 5.32 Å². The monoisotopic (exact) mass is 400 g/mol. The van der Waals surface area contributed by atoms with E-state index in [-0.39, 0.29) is 24.8 Å². The number of thiocarbonyl (C=S) groups is 1. The molecule has 27 heavy (non-hydrogen) atoms. The number of nitrogens with one attached hydrogen (secondary N) is 1. The zero-order chi connectivity index (χ0) is 19.4. The van der Waals surface area contributed by atoms with Crippen LogP contribution in [0.2, 0.25) is 0 Å². The van der Waals surface area contributed by atoms with Crippen LogP contribution >= 0.6 is 24.0 Å². The molecule has 2 aromatic rings. The third-order valence-electron chi connectivity index (χ3n) is 3.93. The molecule has 1 N–H and O–H groups in total. The summed E-state index contributed by atoms with van der Waals surface area (Å²) in [7, 11) is 0. The lowest BCUT2D eigenvalue weighted by molar-refractivity contribution is -0.122. The predicted molar refractivity (Wildman–Crippen MR) is 111 cm³/mol. The van der Waals surface area contributed by atoms with Crippen molar-refractivity contribution in [2.24, 2.45) is 0 Å². The highest BCUT2D eigenvalue weighted by Gasteiger charge is 2.32. The van der Waals surface area contributed by atoms with Crippen molar-refractivity contribution in [2.75, 3.05) is 11.9 Å². The maximum atomic E-state index is 13.8. The Balaban J connectivity index is 1.62. The highest BCUT2D eigenvalue weighted by molar-refractivity contribution is 8.26. The second-order valence-corrected chi connectivity index (χ2v) is 7.70. The van der Waals surface area contributed by atoms with Gasteiger partial charge in [0, 0.05) is 24.2 Å². The minimum atomic E-state index is -0.402. The zero-order valence-corrected chi connectivity index (χ0v) is 16.2. The van der Waals surface area contributed by atoms with Crippen molar-refractivity contribution in [3.8, 4) is 0 Å². The summed E-state index contributed by atoms with van der Waals surface area (Å²) in [6.07, 6.45) is 1.61. The number of carbonyl (C=O) groups excluding carboxylic acids is 2. The Hall–Kier alpha value is -2.51. The van der Waals surface area contributed by atoms with Crippen molar-refractivity contribution in [3.05, 3.63) is 70.4 Å². The minimum absolute atomic E-state index is 0.118. The molecule has 1 heterocycles. The van der Waals surface area contributed by atoms with E-state index in [0.717, 1.165) is 17.3 Å². The van der Waals surface area contributed by atoms with Crippen LogP contribution in [0, 0.1) is 12.7 Å². The van der Waals surface area contributed by atoms with Crippen molar-refractivity contribution in [2.45, 2.75) is 13.3 Å². The van der Waals surface area contributed by atoms with Gasteiger partial charge in [-0.25, -0.2) is 4.39 Å². The third kappa shape index (κ3) is 4.81. The molecule has 7 heteroatoms. The van der Waals surface area contributed by atoms with E-state index in [1.54, 1.807) is 18.2 Å². The fraction of sp³-hybridized carbons (Fsp3) is 0.150. The van der Waals surface area contributed by atoms with Gasteiger partial charge in [0.25, 0.3) is 5.91 Å². The van der Waals surface area contributed by atoms with Crippen LogP contribution in [0.25, 0.3) is 6.08 Å². The summed E-state index contributed by atoms with van der Waals surface area (Å²) >= 11 is 6.36. The molecule has 0 atom stereocenters. The third-order valence-corrected chi connectivity index (χ3v) is 5.31. The normalized spacial score (nSPS) is 15.5. The summed E-state index contributed by atoms with van der Waals surface area (Å²) in [6, 6.07) is 13.7. The summed E-state index contributed by atoms with van der Waals surface area (Å²) in [4.78, 5) is 26.4. The standard InChI is InChI=1S/C20H17FN2O2S2/c1-13-5-4-7-15(11-13)22-18(24)9-10-23-19(25)17(27-20(23)26)12-14-6-2-3-8-16(14)21/h2-8,11-12H,9-10H2,1H3,(H,22,24). The Kier molecular flexibility index (Phi) is 6.03. The number of aryl methyl sites for hydroxylation is 1. The van der Waals surface area contributed by atoms with E-state index in [1.807, 2.05) is 31.2 Å². The molecule has 2 amide bonds. The lowest BCUT2D eigenvalue weighted by Gasteiger charge is -2.14. The fourth-order valence-corrected chi connectivity index (χ4v) is 3.89. The first kappa shape index (κ1) is 19.3. The quantitative estimate of drug-likeness (QED) is 0.598. The largest absolute Gasteiger partial charge is 0.326 e.